The lowest BCUT2D eigenvalue weighted by atomic mass is 9.91. The van der Waals surface area contributed by atoms with Crippen LogP contribution in [0.2, 0.25) is 0 Å². The fourth-order valence-electron chi connectivity index (χ4n) is 3.32. The molecular formula is C21H30N4O2S2. The molecule has 0 unspecified atom stereocenters. The molecule has 29 heavy (non-hydrogen) atoms. The first-order valence-corrected chi connectivity index (χ1v) is 12.2. The molecule has 0 spiro atoms. The van der Waals surface area contributed by atoms with Crippen molar-refractivity contribution in [3.8, 4) is 0 Å². The van der Waals surface area contributed by atoms with E-state index < -0.39 is 10.0 Å². The summed E-state index contributed by atoms with van der Waals surface area (Å²) in [6.07, 6.45) is 1.88. The van der Waals surface area contributed by atoms with Crippen molar-refractivity contribution >= 4 is 27.3 Å². The topological polar surface area (TPSA) is 73.8 Å². The van der Waals surface area contributed by atoms with Crippen molar-refractivity contribution in [1.82, 2.24) is 14.9 Å². The van der Waals surface area contributed by atoms with Gasteiger partial charge < -0.3 is 10.6 Å². The Morgan fingerprint density at radius 2 is 1.83 bits per heavy atom. The van der Waals surface area contributed by atoms with Gasteiger partial charge in [-0.15, -0.1) is 11.3 Å². The van der Waals surface area contributed by atoms with Crippen molar-refractivity contribution in [1.29, 1.82) is 0 Å². The third kappa shape index (κ3) is 5.38. The molecule has 6 nitrogen and oxygen atoms in total. The van der Waals surface area contributed by atoms with Crippen LogP contribution in [-0.4, -0.2) is 45.4 Å². The van der Waals surface area contributed by atoms with Crippen LogP contribution in [0.15, 0.2) is 51.7 Å². The number of nitrogens with zero attached hydrogens (tertiary/aromatic N) is 2. The molecule has 1 aromatic carbocycles. The lowest BCUT2D eigenvalue weighted by molar-refractivity contribution is 0.477. The summed E-state index contributed by atoms with van der Waals surface area (Å²) in [7, 11) is -1.61. The van der Waals surface area contributed by atoms with Crippen LogP contribution in [0, 0.1) is 0 Å². The average molecular weight is 435 g/mol. The van der Waals surface area contributed by atoms with E-state index >= 15 is 0 Å². The normalized spacial score (nSPS) is 16.2. The molecule has 0 bridgehead atoms. The highest BCUT2D eigenvalue weighted by Gasteiger charge is 2.27. The second-order valence-electron chi connectivity index (χ2n) is 7.90. The summed E-state index contributed by atoms with van der Waals surface area (Å²) >= 11 is 1.76. The minimum atomic E-state index is -3.36. The number of nitrogens with one attached hydrogen (secondary N) is 2. The molecule has 1 aliphatic rings. The van der Waals surface area contributed by atoms with Crippen molar-refractivity contribution in [2.24, 2.45) is 4.99 Å². The van der Waals surface area contributed by atoms with Crippen LogP contribution in [0.3, 0.4) is 0 Å². The van der Waals surface area contributed by atoms with Crippen LogP contribution in [0.25, 0.3) is 0 Å². The van der Waals surface area contributed by atoms with Gasteiger partial charge in [0.1, 0.15) is 0 Å². The van der Waals surface area contributed by atoms with Crippen LogP contribution < -0.4 is 10.6 Å². The average Bonchev–Trinajstić information content (AvgIpc) is 3.43. The maximum absolute atomic E-state index is 12.6. The van der Waals surface area contributed by atoms with Crippen LogP contribution in [0.5, 0.6) is 0 Å². The van der Waals surface area contributed by atoms with Crippen molar-refractivity contribution in [3.05, 3.63) is 52.2 Å². The van der Waals surface area contributed by atoms with E-state index in [1.54, 1.807) is 34.8 Å². The summed E-state index contributed by atoms with van der Waals surface area (Å²) < 4.78 is 26.8. The van der Waals surface area contributed by atoms with E-state index in [1.807, 2.05) is 12.1 Å². The van der Waals surface area contributed by atoms with Crippen molar-refractivity contribution in [2.45, 2.75) is 43.5 Å². The lowest BCUT2D eigenvalue weighted by Gasteiger charge is -2.25. The maximum atomic E-state index is 12.6. The Morgan fingerprint density at radius 1 is 1.14 bits per heavy atom. The number of aliphatic imine (C=N–C) groups is 1. The Morgan fingerprint density at radius 3 is 2.41 bits per heavy atom. The molecule has 3 rings (SSSR count). The summed E-state index contributed by atoms with van der Waals surface area (Å²) in [5.74, 6) is 0.725. The van der Waals surface area contributed by atoms with Gasteiger partial charge in [0, 0.05) is 43.5 Å². The molecule has 0 saturated carbocycles. The highest BCUT2D eigenvalue weighted by molar-refractivity contribution is 7.89. The van der Waals surface area contributed by atoms with Crippen LogP contribution in [0.4, 0.5) is 0 Å². The minimum Gasteiger partial charge on any atom is -0.356 e. The van der Waals surface area contributed by atoms with E-state index in [2.05, 4.69) is 47.0 Å². The first-order chi connectivity index (χ1) is 13.8. The number of hydrogen-bond acceptors (Lipinski definition) is 4. The summed E-state index contributed by atoms with van der Waals surface area (Å²) in [4.78, 5) is 5.99. The highest BCUT2D eigenvalue weighted by atomic mass is 32.2. The molecule has 8 heteroatoms. The molecule has 0 amide bonds. The molecule has 1 aromatic heterocycles. The molecule has 158 valence electrons. The van der Waals surface area contributed by atoms with E-state index in [1.165, 1.54) is 4.88 Å². The number of sulfonamides is 1. The Labute approximate surface area is 178 Å². The van der Waals surface area contributed by atoms with Crippen molar-refractivity contribution < 1.29 is 8.42 Å². The summed E-state index contributed by atoms with van der Waals surface area (Å²) in [5.41, 5.74) is 1.02. The smallest absolute Gasteiger partial charge is 0.243 e. The molecule has 1 fully saturated rings. The second kappa shape index (κ2) is 9.28. The summed E-state index contributed by atoms with van der Waals surface area (Å²) in [6.45, 7) is 6.99. The van der Waals surface area contributed by atoms with Gasteiger partial charge in [-0.3, -0.25) is 4.99 Å². The number of hydrogen-bond donors (Lipinski definition) is 2. The van der Waals surface area contributed by atoms with E-state index in [4.69, 9.17) is 0 Å². The monoisotopic (exact) mass is 434 g/mol. The predicted octanol–water partition coefficient (Wildman–Crippen LogP) is 3.18. The van der Waals surface area contributed by atoms with E-state index in [0.29, 0.717) is 24.5 Å². The first kappa shape index (κ1) is 21.8. The lowest BCUT2D eigenvalue weighted by Crippen LogP contribution is -2.42. The van der Waals surface area contributed by atoms with Gasteiger partial charge in [0.05, 0.1) is 4.90 Å². The van der Waals surface area contributed by atoms with Crippen LogP contribution in [-0.2, 0) is 22.0 Å². The Balaban J connectivity index is 1.54. The maximum Gasteiger partial charge on any atom is 0.243 e. The molecule has 1 aliphatic heterocycles. The second-order valence-corrected chi connectivity index (χ2v) is 10.8. The molecule has 2 heterocycles. The molecule has 0 atom stereocenters. The standard InChI is InChI=1S/C21H30N4O2S2/c1-21(2,19-7-6-14-28-19)16-24-20(22-3)23-15-17-8-10-18(11-9-17)29(26,27)25-12-4-5-13-25/h6-11,14H,4-5,12-13,15-16H2,1-3H3,(H2,22,23,24). The predicted molar refractivity (Wildman–Crippen MR) is 120 cm³/mol. The molecular weight excluding hydrogens is 404 g/mol. The van der Waals surface area contributed by atoms with Gasteiger partial charge in [0.15, 0.2) is 5.96 Å². The Kier molecular flexibility index (Phi) is 6.97. The summed E-state index contributed by atoms with van der Waals surface area (Å²) in [5, 5.41) is 8.78. The van der Waals surface area contributed by atoms with E-state index in [-0.39, 0.29) is 5.41 Å². The largest absolute Gasteiger partial charge is 0.356 e. The highest BCUT2D eigenvalue weighted by Crippen LogP contribution is 2.26. The Hall–Kier alpha value is -1.90. The van der Waals surface area contributed by atoms with Gasteiger partial charge in [-0.05, 0) is 42.0 Å². The fraction of sp³-hybridized carbons (Fsp3) is 0.476. The van der Waals surface area contributed by atoms with Gasteiger partial charge >= 0.3 is 0 Å². The molecule has 1 saturated heterocycles. The van der Waals surface area contributed by atoms with E-state index in [0.717, 1.165) is 30.9 Å². The van der Waals surface area contributed by atoms with E-state index in [9.17, 15) is 8.42 Å². The fourth-order valence-corrected chi connectivity index (χ4v) is 5.69. The van der Waals surface area contributed by atoms with Gasteiger partial charge in [-0.1, -0.05) is 32.0 Å². The minimum absolute atomic E-state index is 0.0113. The van der Waals surface area contributed by atoms with Crippen molar-refractivity contribution in [2.75, 3.05) is 26.7 Å². The molecule has 2 aromatic rings. The van der Waals surface area contributed by atoms with Crippen LogP contribution in [0.1, 0.15) is 37.1 Å². The molecule has 0 radical (unpaired) electrons. The number of rotatable bonds is 7. The number of benzene rings is 1. The summed E-state index contributed by atoms with van der Waals surface area (Å²) in [6, 6.07) is 11.3. The first-order valence-electron chi connectivity index (χ1n) is 9.90. The molecule has 2 N–H and O–H groups in total. The molecule has 0 aliphatic carbocycles. The quantitative estimate of drug-likeness (QED) is 0.519. The van der Waals surface area contributed by atoms with Gasteiger partial charge in [0.25, 0.3) is 0 Å². The number of thiophene rings is 1. The third-order valence-electron chi connectivity index (χ3n) is 5.20. The van der Waals surface area contributed by atoms with Gasteiger partial charge in [-0.2, -0.15) is 4.31 Å². The van der Waals surface area contributed by atoms with Gasteiger partial charge in [-0.25, -0.2) is 8.42 Å². The van der Waals surface area contributed by atoms with Crippen LogP contribution >= 0.6 is 11.3 Å². The zero-order valence-corrected chi connectivity index (χ0v) is 18.9. The number of guanidine groups is 1. The SMILES string of the molecule is CN=C(NCc1ccc(S(=O)(=O)N2CCCC2)cc1)NCC(C)(C)c1cccs1. The third-order valence-corrected chi connectivity index (χ3v) is 8.34. The zero-order valence-electron chi connectivity index (χ0n) is 17.3. The van der Waals surface area contributed by atoms with Gasteiger partial charge in [0.2, 0.25) is 10.0 Å². The zero-order chi connectivity index (χ0) is 20.9. The Bertz CT molecular complexity index is 914. The van der Waals surface area contributed by atoms with Crippen molar-refractivity contribution in [3.63, 3.8) is 0 Å².